The zero-order valence-corrected chi connectivity index (χ0v) is 13.1. The molecule has 1 aliphatic heterocycles. The second-order valence-electron chi connectivity index (χ2n) is 5.65. The Morgan fingerprint density at radius 3 is 2.39 bits per heavy atom. The highest BCUT2D eigenvalue weighted by Crippen LogP contribution is 2.36. The maximum Gasteiger partial charge on any atom is 0.327 e. The molecule has 2 atom stereocenters. The van der Waals surface area contributed by atoms with E-state index in [1.165, 1.54) is 4.90 Å². The quantitative estimate of drug-likeness (QED) is 0.936. The highest BCUT2D eigenvalue weighted by atomic mass is 35.5. The number of hydrogen-bond donors (Lipinski definition) is 1. The molecule has 1 fully saturated rings. The summed E-state index contributed by atoms with van der Waals surface area (Å²) < 4.78 is 0. The molecule has 1 heterocycles. The van der Waals surface area contributed by atoms with Crippen molar-refractivity contribution in [3.8, 4) is 0 Å². The van der Waals surface area contributed by atoms with Crippen molar-refractivity contribution in [3.05, 3.63) is 70.7 Å². The minimum absolute atomic E-state index is 0.138. The van der Waals surface area contributed by atoms with Crippen LogP contribution < -0.4 is 0 Å². The SMILES string of the molecule is O=C(O)[C@H]1[C@H](c2ccc(Cl)cc2)CC(=O)N1Cc1ccccc1. The molecule has 4 nitrogen and oxygen atoms in total. The lowest BCUT2D eigenvalue weighted by Gasteiger charge is -2.25. The molecule has 3 rings (SSSR count). The number of carbonyl (C=O) groups excluding carboxylic acids is 1. The van der Waals surface area contributed by atoms with Crippen LogP contribution in [-0.4, -0.2) is 27.9 Å². The van der Waals surface area contributed by atoms with Crippen LogP contribution in [-0.2, 0) is 16.1 Å². The third-order valence-corrected chi connectivity index (χ3v) is 4.43. The minimum atomic E-state index is -0.980. The van der Waals surface area contributed by atoms with E-state index in [1.54, 1.807) is 24.3 Å². The lowest BCUT2D eigenvalue weighted by molar-refractivity contribution is -0.146. The maximum atomic E-state index is 12.4. The van der Waals surface area contributed by atoms with Gasteiger partial charge in [-0.2, -0.15) is 0 Å². The summed E-state index contributed by atoms with van der Waals surface area (Å²) in [7, 11) is 0. The Morgan fingerprint density at radius 2 is 1.78 bits per heavy atom. The third kappa shape index (κ3) is 3.22. The number of nitrogens with zero attached hydrogens (tertiary/aromatic N) is 1. The van der Waals surface area contributed by atoms with Gasteiger partial charge in [-0.25, -0.2) is 4.79 Å². The highest BCUT2D eigenvalue weighted by molar-refractivity contribution is 6.30. The van der Waals surface area contributed by atoms with E-state index in [0.29, 0.717) is 11.6 Å². The van der Waals surface area contributed by atoms with Crippen molar-refractivity contribution < 1.29 is 14.7 Å². The molecular weight excluding hydrogens is 314 g/mol. The van der Waals surface area contributed by atoms with Crippen molar-refractivity contribution in [3.63, 3.8) is 0 Å². The molecule has 0 bridgehead atoms. The van der Waals surface area contributed by atoms with Crippen LogP contribution in [0.4, 0.5) is 0 Å². The lowest BCUT2D eigenvalue weighted by atomic mass is 9.91. The maximum absolute atomic E-state index is 12.4. The van der Waals surface area contributed by atoms with Gasteiger partial charge in [-0.3, -0.25) is 4.79 Å². The summed E-state index contributed by atoms with van der Waals surface area (Å²) >= 11 is 5.89. The van der Waals surface area contributed by atoms with Crippen LogP contribution >= 0.6 is 11.6 Å². The molecule has 0 radical (unpaired) electrons. The van der Waals surface area contributed by atoms with Gasteiger partial charge in [-0.1, -0.05) is 54.1 Å². The highest BCUT2D eigenvalue weighted by Gasteiger charge is 2.44. The van der Waals surface area contributed by atoms with Crippen LogP contribution in [0.3, 0.4) is 0 Å². The Kier molecular flexibility index (Phi) is 4.35. The molecule has 0 aliphatic carbocycles. The van der Waals surface area contributed by atoms with E-state index in [2.05, 4.69) is 0 Å². The molecule has 1 amide bonds. The van der Waals surface area contributed by atoms with Gasteiger partial charge in [0, 0.05) is 23.9 Å². The Morgan fingerprint density at radius 1 is 1.13 bits per heavy atom. The van der Waals surface area contributed by atoms with Gasteiger partial charge in [0.05, 0.1) is 0 Å². The predicted octanol–water partition coefficient (Wildman–Crippen LogP) is 3.31. The van der Waals surface area contributed by atoms with Crippen molar-refractivity contribution >= 4 is 23.5 Å². The number of carbonyl (C=O) groups is 2. The molecule has 5 heteroatoms. The van der Waals surface area contributed by atoms with Crippen LogP contribution in [0.25, 0.3) is 0 Å². The molecule has 118 valence electrons. The number of halogens is 1. The fraction of sp³-hybridized carbons (Fsp3) is 0.222. The fourth-order valence-corrected chi connectivity index (χ4v) is 3.20. The van der Waals surface area contributed by atoms with Crippen LogP contribution in [0.2, 0.25) is 5.02 Å². The minimum Gasteiger partial charge on any atom is -0.480 e. The summed E-state index contributed by atoms with van der Waals surface area (Å²) in [4.78, 5) is 25.6. The van der Waals surface area contributed by atoms with Gasteiger partial charge in [-0.05, 0) is 23.3 Å². The Labute approximate surface area is 139 Å². The lowest BCUT2D eigenvalue weighted by Crippen LogP contribution is -2.40. The van der Waals surface area contributed by atoms with E-state index in [9.17, 15) is 14.7 Å². The molecule has 23 heavy (non-hydrogen) atoms. The number of hydrogen-bond acceptors (Lipinski definition) is 2. The summed E-state index contributed by atoms with van der Waals surface area (Å²) in [5.41, 5.74) is 1.74. The molecule has 2 aromatic carbocycles. The average Bonchev–Trinajstić information content (AvgIpc) is 2.86. The van der Waals surface area contributed by atoms with Crippen LogP contribution in [0.1, 0.15) is 23.5 Å². The predicted molar refractivity (Wildman–Crippen MR) is 87.2 cm³/mol. The molecule has 1 saturated heterocycles. The third-order valence-electron chi connectivity index (χ3n) is 4.18. The number of carboxylic acids is 1. The summed E-state index contributed by atoms with van der Waals surface area (Å²) in [6, 6.07) is 15.6. The fourth-order valence-electron chi connectivity index (χ4n) is 3.07. The zero-order chi connectivity index (χ0) is 16.4. The smallest absolute Gasteiger partial charge is 0.327 e. The van der Waals surface area contributed by atoms with Crippen molar-refractivity contribution in [2.24, 2.45) is 0 Å². The van der Waals surface area contributed by atoms with E-state index in [4.69, 9.17) is 11.6 Å². The molecule has 0 saturated carbocycles. The van der Waals surface area contributed by atoms with Crippen LogP contribution in [0.5, 0.6) is 0 Å². The summed E-state index contributed by atoms with van der Waals surface area (Å²) in [5.74, 6) is -1.48. The normalized spacial score (nSPS) is 20.7. The molecule has 0 unspecified atom stereocenters. The van der Waals surface area contributed by atoms with Crippen molar-refractivity contribution in [2.75, 3.05) is 0 Å². The van der Waals surface area contributed by atoms with Gasteiger partial charge >= 0.3 is 5.97 Å². The summed E-state index contributed by atoms with van der Waals surface area (Å²) in [5, 5.41) is 10.2. The number of benzene rings is 2. The molecule has 1 N–H and O–H groups in total. The molecule has 1 aliphatic rings. The van der Waals surface area contributed by atoms with Crippen molar-refractivity contribution in [1.29, 1.82) is 0 Å². The number of rotatable bonds is 4. The molecular formula is C18H16ClNO3. The number of aliphatic carboxylic acids is 1. The van der Waals surface area contributed by atoms with E-state index in [-0.39, 0.29) is 18.2 Å². The zero-order valence-electron chi connectivity index (χ0n) is 12.4. The second-order valence-corrected chi connectivity index (χ2v) is 6.09. The largest absolute Gasteiger partial charge is 0.480 e. The first kappa shape index (κ1) is 15.6. The molecule has 0 aromatic heterocycles. The summed E-state index contributed by atoms with van der Waals surface area (Å²) in [6.45, 7) is 0.306. The molecule has 2 aromatic rings. The van der Waals surface area contributed by atoms with E-state index in [1.807, 2.05) is 30.3 Å². The second kappa shape index (κ2) is 6.42. The van der Waals surface area contributed by atoms with E-state index in [0.717, 1.165) is 11.1 Å². The number of amides is 1. The van der Waals surface area contributed by atoms with E-state index < -0.39 is 12.0 Å². The average molecular weight is 330 g/mol. The Bertz CT molecular complexity index is 715. The first-order valence-corrected chi connectivity index (χ1v) is 7.75. The van der Waals surface area contributed by atoms with E-state index >= 15 is 0 Å². The number of likely N-dealkylation sites (tertiary alicyclic amines) is 1. The van der Waals surface area contributed by atoms with Crippen molar-refractivity contribution in [2.45, 2.75) is 24.9 Å². The van der Waals surface area contributed by atoms with Gasteiger partial charge in [0.1, 0.15) is 6.04 Å². The first-order valence-electron chi connectivity index (χ1n) is 7.38. The Hall–Kier alpha value is -2.33. The molecule has 0 spiro atoms. The van der Waals surface area contributed by atoms with Gasteiger partial charge in [0.25, 0.3) is 0 Å². The standard InChI is InChI=1S/C18H16ClNO3/c19-14-8-6-13(7-9-14)15-10-16(21)20(17(15)18(22)23)11-12-4-2-1-3-5-12/h1-9,15,17H,10-11H2,(H,22,23)/t15-,17+/m0/s1. The van der Waals surface area contributed by atoms with Gasteiger partial charge < -0.3 is 10.0 Å². The van der Waals surface area contributed by atoms with Crippen molar-refractivity contribution in [1.82, 2.24) is 4.90 Å². The first-order chi connectivity index (χ1) is 11.1. The summed E-state index contributed by atoms with van der Waals surface area (Å²) in [6.07, 6.45) is 0.200. The monoisotopic (exact) mass is 329 g/mol. The van der Waals surface area contributed by atoms with Gasteiger partial charge in [0.15, 0.2) is 0 Å². The Balaban J connectivity index is 1.90. The van der Waals surface area contributed by atoms with Crippen LogP contribution in [0, 0.1) is 0 Å². The van der Waals surface area contributed by atoms with Crippen LogP contribution in [0.15, 0.2) is 54.6 Å². The topological polar surface area (TPSA) is 57.6 Å². The number of carboxylic acid groups (broad SMARTS) is 1. The van der Waals surface area contributed by atoms with Gasteiger partial charge in [-0.15, -0.1) is 0 Å². The van der Waals surface area contributed by atoms with Gasteiger partial charge in [0.2, 0.25) is 5.91 Å².